The Morgan fingerprint density at radius 2 is 1.91 bits per heavy atom. The molecule has 1 N–H and O–H groups in total. The van der Waals surface area contributed by atoms with Gasteiger partial charge in [0.25, 0.3) is 0 Å². The molecule has 1 aliphatic rings. The van der Waals surface area contributed by atoms with E-state index in [0.717, 1.165) is 12.1 Å². The molecule has 0 saturated heterocycles. The van der Waals surface area contributed by atoms with Crippen molar-refractivity contribution in [2.24, 2.45) is 0 Å². The zero-order valence-electron chi connectivity index (χ0n) is 12.4. The average Bonchev–Trinajstić information content (AvgIpc) is 2.46. The summed E-state index contributed by atoms with van der Waals surface area (Å²) in [5, 5.41) is 2.81. The van der Waals surface area contributed by atoms with Crippen LogP contribution in [0.4, 0.5) is 29.1 Å². The summed E-state index contributed by atoms with van der Waals surface area (Å²) in [4.78, 5) is 3.97. The number of pyridine rings is 1. The Labute approximate surface area is 130 Å². The van der Waals surface area contributed by atoms with Crippen molar-refractivity contribution in [3.05, 3.63) is 53.5 Å². The maximum absolute atomic E-state index is 14.1. The van der Waals surface area contributed by atoms with E-state index < -0.39 is 23.7 Å². The normalized spacial score (nSPS) is 20.0. The number of benzene rings is 1. The van der Waals surface area contributed by atoms with E-state index in [1.54, 1.807) is 0 Å². The molecule has 1 atom stereocenters. The molecule has 2 aromatic rings. The predicted octanol–water partition coefficient (Wildman–Crippen LogP) is 4.51. The highest BCUT2D eigenvalue weighted by Crippen LogP contribution is 2.54. The number of nitrogens with zero attached hydrogens (tertiary/aromatic N) is 1. The van der Waals surface area contributed by atoms with E-state index in [1.807, 2.05) is 0 Å². The van der Waals surface area contributed by atoms with Crippen LogP contribution in [0.15, 0.2) is 36.5 Å². The van der Waals surface area contributed by atoms with E-state index in [-0.39, 0.29) is 22.6 Å². The Hall–Kier alpha value is -2.15. The van der Waals surface area contributed by atoms with Gasteiger partial charge < -0.3 is 10.1 Å². The second kappa shape index (κ2) is 5.19. The zero-order valence-corrected chi connectivity index (χ0v) is 12.4. The van der Waals surface area contributed by atoms with E-state index in [0.29, 0.717) is 0 Å². The van der Waals surface area contributed by atoms with Gasteiger partial charge in [0.05, 0.1) is 6.10 Å². The monoisotopic (exact) mass is 326 g/mol. The SMILES string of the molecule is CC(C)OC1(C(F)(F)F)c2cc(F)ccc2Nc2ncccc21. The van der Waals surface area contributed by atoms with Crippen LogP contribution in [0.3, 0.4) is 0 Å². The molecule has 3 rings (SSSR count). The third-order valence-corrected chi connectivity index (χ3v) is 3.61. The summed E-state index contributed by atoms with van der Waals surface area (Å²) in [5.74, 6) is -0.719. The fourth-order valence-electron chi connectivity index (χ4n) is 2.83. The van der Waals surface area contributed by atoms with Gasteiger partial charge in [-0.2, -0.15) is 13.2 Å². The molecule has 7 heteroatoms. The minimum atomic E-state index is -4.79. The smallest absolute Gasteiger partial charge is 0.354 e. The highest BCUT2D eigenvalue weighted by molar-refractivity contribution is 5.73. The van der Waals surface area contributed by atoms with Crippen molar-refractivity contribution in [3.63, 3.8) is 0 Å². The number of ether oxygens (including phenoxy) is 1. The van der Waals surface area contributed by atoms with E-state index in [2.05, 4.69) is 10.3 Å². The van der Waals surface area contributed by atoms with Crippen LogP contribution >= 0.6 is 0 Å². The molecule has 0 amide bonds. The van der Waals surface area contributed by atoms with Gasteiger partial charge in [0.15, 0.2) is 0 Å². The second-order valence-electron chi connectivity index (χ2n) is 5.56. The summed E-state index contributed by atoms with van der Waals surface area (Å²) in [6.07, 6.45) is -4.14. The molecule has 0 aliphatic carbocycles. The van der Waals surface area contributed by atoms with Crippen molar-refractivity contribution in [1.82, 2.24) is 4.98 Å². The van der Waals surface area contributed by atoms with Gasteiger partial charge in [-0.05, 0) is 38.1 Å². The summed E-state index contributed by atoms with van der Waals surface area (Å²) in [5.41, 5.74) is -3.14. The minimum absolute atomic E-state index is 0.0459. The van der Waals surface area contributed by atoms with Crippen LogP contribution in [0.2, 0.25) is 0 Å². The van der Waals surface area contributed by atoms with Gasteiger partial charge in [-0.15, -0.1) is 0 Å². The standard InChI is InChI=1S/C16H14F4N2O/c1-9(2)23-15(16(18,19)20)11-4-3-7-21-14(11)22-13-6-5-10(17)8-12(13)15/h3-9H,1-2H3,(H,21,22). The molecule has 0 spiro atoms. The van der Waals surface area contributed by atoms with Crippen molar-refractivity contribution < 1.29 is 22.3 Å². The van der Waals surface area contributed by atoms with E-state index in [9.17, 15) is 17.6 Å². The number of nitrogens with one attached hydrogen (secondary N) is 1. The molecule has 0 bridgehead atoms. The van der Waals surface area contributed by atoms with Crippen LogP contribution in [0, 0.1) is 5.82 Å². The number of halogens is 4. The Kier molecular flexibility index (Phi) is 3.55. The molecule has 2 heterocycles. The van der Waals surface area contributed by atoms with Crippen LogP contribution < -0.4 is 5.32 Å². The molecule has 1 aromatic carbocycles. The van der Waals surface area contributed by atoms with Crippen molar-refractivity contribution in [2.45, 2.75) is 31.7 Å². The molecule has 23 heavy (non-hydrogen) atoms. The molecule has 0 fully saturated rings. The Balaban J connectivity index is 2.38. The summed E-state index contributed by atoms with van der Waals surface area (Å²) < 4.78 is 61.5. The van der Waals surface area contributed by atoms with Crippen molar-refractivity contribution in [3.8, 4) is 0 Å². The third-order valence-electron chi connectivity index (χ3n) is 3.61. The zero-order chi connectivity index (χ0) is 16.8. The number of fused-ring (bicyclic) bond motifs is 2. The maximum Gasteiger partial charge on any atom is 0.426 e. The molecule has 3 nitrogen and oxygen atoms in total. The number of aromatic nitrogens is 1. The average molecular weight is 326 g/mol. The molecule has 1 aromatic heterocycles. The van der Waals surface area contributed by atoms with Gasteiger partial charge in [-0.25, -0.2) is 9.37 Å². The molecule has 0 radical (unpaired) electrons. The Morgan fingerprint density at radius 3 is 2.57 bits per heavy atom. The van der Waals surface area contributed by atoms with Gasteiger partial charge in [0.1, 0.15) is 11.6 Å². The van der Waals surface area contributed by atoms with E-state index >= 15 is 0 Å². The molecule has 1 aliphatic heterocycles. The van der Waals surface area contributed by atoms with E-state index in [4.69, 9.17) is 4.74 Å². The summed E-state index contributed by atoms with van der Waals surface area (Å²) in [6, 6.07) is 5.89. The van der Waals surface area contributed by atoms with Crippen molar-refractivity contribution >= 4 is 11.5 Å². The Bertz CT molecular complexity index is 745. The first-order chi connectivity index (χ1) is 10.8. The first-order valence-electron chi connectivity index (χ1n) is 7.03. The molecule has 1 unspecified atom stereocenters. The minimum Gasteiger partial charge on any atom is -0.354 e. The predicted molar refractivity (Wildman–Crippen MR) is 77.0 cm³/mol. The molecular weight excluding hydrogens is 312 g/mol. The van der Waals surface area contributed by atoms with Gasteiger partial charge >= 0.3 is 6.18 Å². The maximum atomic E-state index is 14.1. The quantitative estimate of drug-likeness (QED) is 0.825. The van der Waals surface area contributed by atoms with Gasteiger partial charge in [0, 0.05) is 23.0 Å². The summed E-state index contributed by atoms with van der Waals surface area (Å²) >= 11 is 0. The van der Waals surface area contributed by atoms with Gasteiger partial charge in [0.2, 0.25) is 5.60 Å². The first kappa shape index (κ1) is 15.7. The van der Waals surface area contributed by atoms with Crippen LogP contribution in [0.1, 0.15) is 25.0 Å². The van der Waals surface area contributed by atoms with Crippen LogP contribution in [0.25, 0.3) is 0 Å². The fraction of sp³-hybridized carbons (Fsp3) is 0.312. The fourth-order valence-corrected chi connectivity index (χ4v) is 2.83. The van der Waals surface area contributed by atoms with Crippen LogP contribution in [-0.4, -0.2) is 17.3 Å². The summed E-state index contributed by atoms with van der Waals surface area (Å²) in [7, 11) is 0. The number of hydrogen-bond acceptors (Lipinski definition) is 3. The number of anilines is 2. The lowest BCUT2D eigenvalue weighted by molar-refractivity contribution is -0.276. The topological polar surface area (TPSA) is 34.1 Å². The highest BCUT2D eigenvalue weighted by Gasteiger charge is 2.62. The number of rotatable bonds is 2. The van der Waals surface area contributed by atoms with Gasteiger partial charge in [-0.3, -0.25) is 0 Å². The van der Waals surface area contributed by atoms with Crippen molar-refractivity contribution in [1.29, 1.82) is 0 Å². The lowest BCUT2D eigenvalue weighted by atomic mass is 9.81. The third kappa shape index (κ3) is 2.35. The molecular formula is C16H14F4N2O. The van der Waals surface area contributed by atoms with Crippen LogP contribution in [0.5, 0.6) is 0 Å². The molecule has 0 saturated carbocycles. The van der Waals surface area contributed by atoms with E-state index in [1.165, 1.54) is 38.2 Å². The van der Waals surface area contributed by atoms with Crippen LogP contribution in [-0.2, 0) is 10.3 Å². The largest absolute Gasteiger partial charge is 0.426 e. The van der Waals surface area contributed by atoms with Gasteiger partial charge in [-0.1, -0.05) is 6.07 Å². The second-order valence-corrected chi connectivity index (χ2v) is 5.56. The highest BCUT2D eigenvalue weighted by atomic mass is 19.4. The molecule has 122 valence electrons. The Morgan fingerprint density at radius 1 is 1.17 bits per heavy atom. The number of hydrogen-bond donors (Lipinski definition) is 1. The first-order valence-corrected chi connectivity index (χ1v) is 7.03. The summed E-state index contributed by atoms with van der Waals surface area (Å²) in [6.45, 7) is 3.01. The van der Waals surface area contributed by atoms with Crippen molar-refractivity contribution in [2.75, 3.05) is 5.32 Å². The lowest BCUT2D eigenvalue weighted by Crippen LogP contribution is -2.49. The number of alkyl halides is 3. The lowest BCUT2D eigenvalue weighted by Gasteiger charge is -2.42.